The largest absolute Gasteiger partial charge is 0.497 e. The number of carbonyl (C=O) groups is 2. The molecule has 0 spiro atoms. The molecule has 2 aliphatic heterocycles. The molecule has 6 heteroatoms. The van der Waals surface area contributed by atoms with Gasteiger partial charge in [0.25, 0.3) is 5.91 Å². The molecule has 4 rings (SSSR count). The highest BCUT2D eigenvalue weighted by Gasteiger charge is 2.21. The predicted octanol–water partition coefficient (Wildman–Crippen LogP) is 3.85. The first-order valence-electron chi connectivity index (χ1n) is 11.7. The van der Waals surface area contributed by atoms with Gasteiger partial charge in [-0.1, -0.05) is 12.1 Å². The van der Waals surface area contributed by atoms with E-state index in [0.29, 0.717) is 24.4 Å². The second kappa shape index (κ2) is 10.6. The van der Waals surface area contributed by atoms with Gasteiger partial charge in [-0.2, -0.15) is 0 Å². The molecule has 2 heterocycles. The van der Waals surface area contributed by atoms with Crippen molar-refractivity contribution in [1.29, 1.82) is 0 Å². The summed E-state index contributed by atoms with van der Waals surface area (Å²) >= 11 is 0. The van der Waals surface area contributed by atoms with E-state index in [2.05, 4.69) is 22.3 Å². The topological polar surface area (TPSA) is 61.9 Å². The van der Waals surface area contributed by atoms with Crippen molar-refractivity contribution in [2.75, 3.05) is 38.2 Å². The molecule has 2 fully saturated rings. The highest BCUT2D eigenvalue weighted by Crippen LogP contribution is 2.22. The van der Waals surface area contributed by atoms with E-state index in [-0.39, 0.29) is 11.8 Å². The number of methoxy groups -OCH3 is 1. The molecular weight excluding hydrogens is 402 g/mol. The summed E-state index contributed by atoms with van der Waals surface area (Å²) in [7, 11) is 1.69. The molecule has 0 aromatic heterocycles. The Kier molecular flexibility index (Phi) is 7.43. The normalized spacial score (nSPS) is 17.9. The Bertz CT molecular complexity index is 903. The Morgan fingerprint density at radius 3 is 2.38 bits per heavy atom. The number of amides is 2. The number of hydrogen-bond donors (Lipinski definition) is 1. The third-order valence-electron chi connectivity index (χ3n) is 6.59. The number of nitrogens with zero attached hydrogens (tertiary/aromatic N) is 2. The molecule has 170 valence electrons. The van der Waals surface area contributed by atoms with Crippen molar-refractivity contribution < 1.29 is 14.3 Å². The number of hydrogen-bond acceptors (Lipinski definition) is 4. The summed E-state index contributed by atoms with van der Waals surface area (Å²) in [5, 5.41) is 3.10. The highest BCUT2D eigenvalue weighted by atomic mass is 16.5. The average Bonchev–Trinajstić information content (AvgIpc) is 2.84. The van der Waals surface area contributed by atoms with Crippen LogP contribution in [0.15, 0.2) is 48.5 Å². The number of anilines is 1. The minimum atomic E-state index is -0.0396. The van der Waals surface area contributed by atoms with Crippen molar-refractivity contribution >= 4 is 17.5 Å². The highest BCUT2D eigenvalue weighted by molar-refractivity contribution is 5.96. The number of benzene rings is 2. The van der Waals surface area contributed by atoms with Crippen LogP contribution in [0.2, 0.25) is 0 Å². The SMILES string of the molecule is COc1ccc(CN2CCC(CNC(=O)c3ccc(N4CCCCC4=O)cc3)CC2)cc1. The Morgan fingerprint density at radius 2 is 1.72 bits per heavy atom. The van der Waals surface area contributed by atoms with E-state index in [9.17, 15) is 9.59 Å². The first-order chi connectivity index (χ1) is 15.6. The molecule has 0 unspecified atom stereocenters. The van der Waals surface area contributed by atoms with E-state index in [0.717, 1.165) is 63.3 Å². The van der Waals surface area contributed by atoms with Crippen LogP contribution in [0.1, 0.15) is 48.0 Å². The zero-order valence-corrected chi connectivity index (χ0v) is 18.9. The van der Waals surface area contributed by atoms with Gasteiger partial charge in [-0.25, -0.2) is 0 Å². The fourth-order valence-corrected chi connectivity index (χ4v) is 4.55. The Hall–Kier alpha value is -2.86. The summed E-state index contributed by atoms with van der Waals surface area (Å²) in [4.78, 5) is 29.0. The third-order valence-corrected chi connectivity index (χ3v) is 6.59. The maximum absolute atomic E-state index is 12.6. The molecule has 0 saturated carbocycles. The van der Waals surface area contributed by atoms with Crippen LogP contribution in [0.3, 0.4) is 0 Å². The number of likely N-dealkylation sites (tertiary alicyclic amines) is 1. The van der Waals surface area contributed by atoms with Crippen LogP contribution in [0.4, 0.5) is 5.69 Å². The van der Waals surface area contributed by atoms with Crippen LogP contribution in [0.25, 0.3) is 0 Å². The van der Waals surface area contributed by atoms with Crippen molar-refractivity contribution in [3.8, 4) is 5.75 Å². The van der Waals surface area contributed by atoms with Crippen LogP contribution in [0.5, 0.6) is 5.75 Å². The lowest BCUT2D eigenvalue weighted by atomic mass is 9.96. The zero-order valence-electron chi connectivity index (χ0n) is 18.9. The molecule has 1 N–H and O–H groups in total. The Morgan fingerprint density at radius 1 is 1.00 bits per heavy atom. The summed E-state index contributed by atoms with van der Waals surface area (Å²) < 4.78 is 5.23. The van der Waals surface area contributed by atoms with Gasteiger partial charge in [0.15, 0.2) is 0 Å². The minimum Gasteiger partial charge on any atom is -0.497 e. The maximum Gasteiger partial charge on any atom is 0.251 e. The first-order valence-corrected chi connectivity index (χ1v) is 11.7. The van der Waals surface area contributed by atoms with Gasteiger partial charge in [0.05, 0.1) is 7.11 Å². The summed E-state index contributed by atoms with van der Waals surface area (Å²) in [6.07, 6.45) is 4.79. The lowest BCUT2D eigenvalue weighted by Crippen LogP contribution is -2.38. The Balaban J connectivity index is 1.20. The Labute approximate surface area is 190 Å². The lowest BCUT2D eigenvalue weighted by Gasteiger charge is -2.32. The standard InChI is InChI=1S/C26H33N3O3/c1-32-24-11-5-21(6-12-24)19-28-16-13-20(14-17-28)18-27-26(31)22-7-9-23(10-8-22)29-15-3-2-4-25(29)30/h5-12,20H,2-4,13-19H2,1H3,(H,27,31). The molecule has 2 aromatic carbocycles. The molecule has 2 amide bonds. The van der Waals surface area contributed by atoms with E-state index >= 15 is 0 Å². The van der Waals surface area contributed by atoms with Gasteiger partial charge in [0.1, 0.15) is 5.75 Å². The quantitative estimate of drug-likeness (QED) is 0.718. The van der Waals surface area contributed by atoms with Crippen molar-refractivity contribution in [3.05, 3.63) is 59.7 Å². The summed E-state index contributed by atoms with van der Waals surface area (Å²) in [5.74, 6) is 1.53. The maximum atomic E-state index is 12.6. The van der Waals surface area contributed by atoms with Crippen LogP contribution in [-0.4, -0.2) is 50.0 Å². The van der Waals surface area contributed by atoms with Gasteiger partial charge >= 0.3 is 0 Å². The van der Waals surface area contributed by atoms with Crippen LogP contribution < -0.4 is 15.0 Å². The molecule has 0 bridgehead atoms. The molecule has 0 aliphatic carbocycles. The van der Waals surface area contributed by atoms with E-state index in [1.54, 1.807) is 7.11 Å². The van der Waals surface area contributed by atoms with E-state index in [4.69, 9.17) is 4.74 Å². The van der Waals surface area contributed by atoms with Crippen LogP contribution in [-0.2, 0) is 11.3 Å². The third kappa shape index (κ3) is 5.68. The lowest BCUT2D eigenvalue weighted by molar-refractivity contribution is -0.119. The fourth-order valence-electron chi connectivity index (χ4n) is 4.55. The van der Waals surface area contributed by atoms with Crippen LogP contribution in [0, 0.1) is 5.92 Å². The molecule has 0 radical (unpaired) electrons. The first kappa shape index (κ1) is 22.3. The molecule has 0 atom stereocenters. The molecule has 2 aliphatic rings. The van der Waals surface area contributed by atoms with Gasteiger partial charge in [-0.05, 0) is 86.7 Å². The van der Waals surface area contributed by atoms with Crippen molar-refractivity contribution in [1.82, 2.24) is 10.2 Å². The van der Waals surface area contributed by atoms with Crippen molar-refractivity contribution in [2.24, 2.45) is 5.92 Å². The summed E-state index contributed by atoms with van der Waals surface area (Å²) in [6, 6.07) is 15.7. The minimum absolute atomic E-state index is 0.0396. The number of rotatable bonds is 7. The number of ether oxygens (including phenoxy) is 1. The number of carbonyl (C=O) groups excluding carboxylic acids is 2. The predicted molar refractivity (Wildman–Crippen MR) is 126 cm³/mol. The van der Waals surface area contributed by atoms with Crippen molar-refractivity contribution in [3.63, 3.8) is 0 Å². The zero-order chi connectivity index (χ0) is 22.3. The second-order valence-corrected chi connectivity index (χ2v) is 8.83. The van der Waals surface area contributed by atoms with Gasteiger partial charge in [-0.3, -0.25) is 14.5 Å². The molecule has 32 heavy (non-hydrogen) atoms. The number of nitrogens with one attached hydrogen (secondary N) is 1. The number of piperidine rings is 2. The monoisotopic (exact) mass is 435 g/mol. The molecule has 6 nitrogen and oxygen atoms in total. The molecule has 2 saturated heterocycles. The van der Waals surface area contributed by atoms with E-state index < -0.39 is 0 Å². The fraction of sp³-hybridized carbons (Fsp3) is 0.462. The average molecular weight is 436 g/mol. The van der Waals surface area contributed by atoms with Gasteiger partial charge in [0.2, 0.25) is 5.91 Å². The summed E-state index contributed by atoms with van der Waals surface area (Å²) in [6.45, 7) is 4.52. The molecular formula is C26H33N3O3. The summed E-state index contributed by atoms with van der Waals surface area (Å²) in [5.41, 5.74) is 2.83. The van der Waals surface area contributed by atoms with Crippen LogP contribution >= 0.6 is 0 Å². The van der Waals surface area contributed by atoms with E-state index in [1.165, 1.54) is 5.56 Å². The smallest absolute Gasteiger partial charge is 0.251 e. The van der Waals surface area contributed by atoms with Gasteiger partial charge in [-0.15, -0.1) is 0 Å². The van der Waals surface area contributed by atoms with Gasteiger partial charge in [0, 0.05) is 37.3 Å². The van der Waals surface area contributed by atoms with E-state index in [1.807, 2.05) is 41.3 Å². The molecule has 2 aromatic rings. The van der Waals surface area contributed by atoms with Crippen molar-refractivity contribution in [2.45, 2.75) is 38.6 Å². The second-order valence-electron chi connectivity index (χ2n) is 8.83. The van der Waals surface area contributed by atoms with Gasteiger partial charge < -0.3 is 15.0 Å².